The van der Waals surface area contributed by atoms with Gasteiger partial charge in [0, 0.05) is 28.9 Å². The average Bonchev–Trinajstić information content (AvgIpc) is 3.26. The summed E-state index contributed by atoms with van der Waals surface area (Å²) < 4.78 is 5.21. The fraction of sp³-hybridized carbons (Fsp3) is 0.167. The normalized spacial score (nSPS) is 10.7. The number of nitrogens with zero attached hydrogens (tertiary/aromatic N) is 1. The first-order chi connectivity index (χ1) is 12.5. The summed E-state index contributed by atoms with van der Waals surface area (Å²) in [6.07, 6.45) is 1.45. The lowest BCUT2D eigenvalue weighted by Crippen LogP contribution is -2.26. The molecule has 0 saturated carbocycles. The van der Waals surface area contributed by atoms with Crippen LogP contribution >= 0.6 is 11.6 Å². The first kappa shape index (κ1) is 17.9. The Kier molecular flexibility index (Phi) is 5.20. The van der Waals surface area contributed by atoms with Gasteiger partial charge in [-0.2, -0.15) is 0 Å². The van der Waals surface area contributed by atoms with Crippen molar-refractivity contribution in [1.29, 1.82) is 0 Å². The van der Waals surface area contributed by atoms with Crippen LogP contribution in [-0.4, -0.2) is 40.1 Å². The first-order valence-corrected chi connectivity index (χ1v) is 8.23. The number of amides is 1. The maximum Gasteiger partial charge on any atom is 0.267 e. The molecule has 0 spiro atoms. The van der Waals surface area contributed by atoms with Crippen LogP contribution in [0, 0.1) is 6.92 Å². The number of H-pyrrole nitrogens is 1. The lowest BCUT2D eigenvalue weighted by molar-refractivity contribution is 0.0940. The van der Waals surface area contributed by atoms with Gasteiger partial charge in [0.2, 0.25) is 0 Å². The van der Waals surface area contributed by atoms with Gasteiger partial charge in [-0.1, -0.05) is 28.9 Å². The van der Waals surface area contributed by atoms with Gasteiger partial charge in [0.25, 0.3) is 5.91 Å². The molecule has 0 unspecified atom stereocenters. The van der Waals surface area contributed by atoms with E-state index in [1.807, 2.05) is 0 Å². The quantitative estimate of drug-likeness (QED) is 0.575. The second-order valence-electron chi connectivity index (χ2n) is 5.58. The molecule has 2 aromatic heterocycles. The van der Waals surface area contributed by atoms with Crippen molar-refractivity contribution in [3.8, 4) is 11.3 Å². The Morgan fingerprint density at radius 2 is 2.15 bits per heavy atom. The average molecular weight is 374 g/mol. The third kappa shape index (κ3) is 3.54. The number of ketones is 1. The summed E-state index contributed by atoms with van der Waals surface area (Å²) in [5, 5.41) is 15.8. The van der Waals surface area contributed by atoms with Crippen molar-refractivity contribution in [2.24, 2.45) is 0 Å². The van der Waals surface area contributed by atoms with Gasteiger partial charge >= 0.3 is 0 Å². The molecule has 3 aromatic rings. The van der Waals surface area contributed by atoms with Crippen molar-refractivity contribution in [2.75, 3.05) is 13.2 Å². The van der Waals surface area contributed by atoms with Gasteiger partial charge in [-0.05, 0) is 25.1 Å². The van der Waals surface area contributed by atoms with Crippen molar-refractivity contribution in [3.05, 3.63) is 64.1 Å². The predicted molar refractivity (Wildman–Crippen MR) is 95.3 cm³/mol. The predicted octanol–water partition coefficient (Wildman–Crippen LogP) is 2.58. The number of aliphatic hydroxyl groups excluding tert-OH is 1. The number of carbonyl (C=O) groups excluding carboxylic acids is 2. The number of nitrogens with one attached hydrogen (secondary N) is 2. The van der Waals surface area contributed by atoms with Crippen LogP contribution in [0.5, 0.6) is 0 Å². The number of aromatic nitrogens is 2. The number of aliphatic hydroxyl groups is 1. The zero-order chi connectivity index (χ0) is 18.7. The highest BCUT2D eigenvalue weighted by Crippen LogP contribution is 2.29. The lowest BCUT2D eigenvalue weighted by atomic mass is 9.99. The number of hydrogen-bond acceptors (Lipinski definition) is 5. The van der Waals surface area contributed by atoms with Gasteiger partial charge in [0.15, 0.2) is 5.78 Å². The molecule has 134 valence electrons. The second-order valence-corrected chi connectivity index (χ2v) is 6.02. The third-order valence-corrected chi connectivity index (χ3v) is 4.01. The summed E-state index contributed by atoms with van der Waals surface area (Å²) in [5.41, 5.74) is 1.89. The van der Waals surface area contributed by atoms with Gasteiger partial charge in [0.1, 0.15) is 17.1 Å². The summed E-state index contributed by atoms with van der Waals surface area (Å²) in [6, 6.07) is 8.41. The van der Waals surface area contributed by atoms with E-state index in [0.29, 0.717) is 33.2 Å². The van der Waals surface area contributed by atoms with Crippen molar-refractivity contribution in [3.63, 3.8) is 0 Å². The number of aryl methyl sites for hydroxylation is 1. The van der Waals surface area contributed by atoms with E-state index in [2.05, 4.69) is 15.5 Å². The van der Waals surface area contributed by atoms with Crippen LogP contribution in [0.3, 0.4) is 0 Å². The highest BCUT2D eigenvalue weighted by molar-refractivity contribution is 6.30. The molecule has 7 nitrogen and oxygen atoms in total. The maximum atomic E-state index is 12.9. The van der Waals surface area contributed by atoms with Crippen molar-refractivity contribution in [2.45, 2.75) is 6.92 Å². The Morgan fingerprint density at radius 3 is 2.88 bits per heavy atom. The Balaban J connectivity index is 1.93. The molecule has 0 aliphatic heterocycles. The minimum atomic E-state index is -0.407. The minimum absolute atomic E-state index is 0.130. The molecule has 0 fully saturated rings. The largest absolute Gasteiger partial charge is 0.395 e. The van der Waals surface area contributed by atoms with E-state index in [-0.39, 0.29) is 24.6 Å². The molecular formula is C18H16ClN3O4. The van der Waals surface area contributed by atoms with Crippen LogP contribution < -0.4 is 5.32 Å². The number of halogens is 1. The van der Waals surface area contributed by atoms with Crippen molar-refractivity contribution >= 4 is 23.3 Å². The molecule has 0 bridgehead atoms. The summed E-state index contributed by atoms with van der Waals surface area (Å²) in [5.74, 6) is -0.358. The fourth-order valence-corrected chi connectivity index (χ4v) is 2.73. The molecule has 3 N–H and O–H groups in total. The van der Waals surface area contributed by atoms with E-state index in [1.54, 1.807) is 31.2 Å². The van der Waals surface area contributed by atoms with E-state index in [4.69, 9.17) is 21.2 Å². The van der Waals surface area contributed by atoms with Crippen LogP contribution in [-0.2, 0) is 0 Å². The summed E-state index contributed by atoms with van der Waals surface area (Å²) >= 11 is 6.02. The molecular weight excluding hydrogens is 358 g/mol. The lowest BCUT2D eigenvalue weighted by Gasteiger charge is -2.02. The van der Waals surface area contributed by atoms with E-state index < -0.39 is 5.91 Å². The molecule has 26 heavy (non-hydrogen) atoms. The number of hydrogen-bond donors (Lipinski definition) is 3. The molecule has 0 aliphatic rings. The van der Waals surface area contributed by atoms with E-state index >= 15 is 0 Å². The molecule has 1 amide bonds. The minimum Gasteiger partial charge on any atom is -0.395 e. The molecule has 0 atom stereocenters. The monoisotopic (exact) mass is 373 g/mol. The van der Waals surface area contributed by atoms with Gasteiger partial charge in [-0.3, -0.25) is 9.59 Å². The third-order valence-electron chi connectivity index (χ3n) is 3.78. The smallest absolute Gasteiger partial charge is 0.267 e. The number of carbonyl (C=O) groups is 2. The summed E-state index contributed by atoms with van der Waals surface area (Å²) in [4.78, 5) is 27.6. The van der Waals surface area contributed by atoms with Crippen molar-refractivity contribution < 1.29 is 19.2 Å². The topological polar surface area (TPSA) is 108 Å². The molecule has 3 rings (SSSR count). The van der Waals surface area contributed by atoms with Gasteiger partial charge in [-0.25, -0.2) is 0 Å². The van der Waals surface area contributed by atoms with Crippen LogP contribution in [0.1, 0.15) is 32.2 Å². The molecule has 8 heteroatoms. The molecule has 2 heterocycles. The van der Waals surface area contributed by atoms with E-state index in [0.717, 1.165) is 0 Å². The first-order valence-electron chi connectivity index (χ1n) is 7.85. The second kappa shape index (κ2) is 7.55. The summed E-state index contributed by atoms with van der Waals surface area (Å²) in [6.45, 7) is 1.61. The highest BCUT2D eigenvalue weighted by atomic mass is 35.5. The Labute approximate surface area is 154 Å². The number of aromatic amines is 1. The highest BCUT2D eigenvalue weighted by Gasteiger charge is 2.24. The molecule has 0 saturated heterocycles. The molecule has 0 radical (unpaired) electrons. The van der Waals surface area contributed by atoms with Crippen LogP contribution in [0.2, 0.25) is 5.02 Å². The molecule has 1 aromatic carbocycles. The van der Waals surface area contributed by atoms with Crippen LogP contribution in [0.4, 0.5) is 0 Å². The van der Waals surface area contributed by atoms with Gasteiger partial charge in [-0.15, -0.1) is 0 Å². The Hall–Kier alpha value is -2.90. The Morgan fingerprint density at radius 1 is 1.35 bits per heavy atom. The Bertz CT molecular complexity index is 961. The van der Waals surface area contributed by atoms with Crippen LogP contribution in [0.25, 0.3) is 11.3 Å². The summed E-state index contributed by atoms with van der Waals surface area (Å²) in [7, 11) is 0. The zero-order valence-corrected chi connectivity index (χ0v) is 14.6. The van der Waals surface area contributed by atoms with Gasteiger partial charge in [0.05, 0.1) is 12.2 Å². The van der Waals surface area contributed by atoms with E-state index in [1.165, 1.54) is 12.3 Å². The van der Waals surface area contributed by atoms with Gasteiger partial charge < -0.3 is 19.9 Å². The number of benzene rings is 1. The van der Waals surface area contributed by atoms with Crippen molar-refractivity contribution in [1.82, 2.24) is 15.5 Å². The SMILES string of the molecule is Cc1onc(-c2cccc(Cl)c2)c1C(=O)c1c[nH]c(C(=O)NCCO)c1. The number of rotatable bonds is 6. The standard InChI is InChI=1S/C18H16ClN3O4/c1-10-15(16(22-26-10)11-3-2-4-13(19)7-11)17(24)12-8-14(21-9-12)18(25)20-5-6-23/h2-4,7-9,21,23H,5-6H2,1H3,(H,20,25). The maximum absolute atomic E-state index is 12.9. The van der Waals surface area contributed by atoms with Crippen LogP contribution in [0.15, 0.2) is 41.1 Å². The molecule has 0 aliphatic carbocycles. The fourth-order valence-electron chi connectivity index (χ4n) is 2.54. The zero-order valence-electron chi connectivity index (χ0n) is 13.9. The van der Waals surface area contributed by atoms with E-state index in [9.17, 15) is 9.59 Å².